The van der Waals surface area contributed by atoms with Crippen molar-refractivity contribution in [2.24, 2.45) is 0 Å². The summed E-state index contributed by atoms with van der Waals surface area (Å²) in [6, 6.07) is 2.17. The molecular formula is C14H15BrF2N4. The van der Waals surface area contributed by atoms with Crippen LogP contribution in [0.5, 0.6) is 0 Å². The fourth-order valence-corrected chi connectivity index (χ4v) is 2.31. The van der Waals surface area contributed by atoms with Crippen molar-refractivity contribution in [2.75, 3.05) is 17.7 Å². The van der Waals surface area contributed by atoms with Crippen molar-refractivity contribution < 1.29 is 8.78 Å². The molecule has 1 aromatic heterocycles. The van der Waals surface area contributed by atoms with E-state index in [1.807, 2.05) is 6.92 Å². The summed E-state index contributed by atoms with van der Waals surface area (Å²) in [5.41, 5.74) is 1.02. The van der Waals surface area contributed by atoms with E-state index in [1.165, 1.54) is 12.4 Å². The molecule has 1 heterocycles. The standard InChI is InChI=1S/C14H15BrF2N4/c1-3-4-8-13(18-2)19-7-20-14(8)21-12-5-9(15)10(16)6-11(12)17/h5-7H,3-4H2,1-2H3,(H2,18,19,20,21). The predicted molar refractivity (Wildman–Crippen MR) is 82.9 cm³/mol. The molecule has 0 radical (unpaired) electrons. The van der Waals surface area contributed by atoms with Gasteiger partial charge in [-0.25, -0.2) is 18.7 Å². The van der Waals surface area contributed by atoms with Crippen LogP contribution in [-0.4, -0.2) is 17.0 Å². The molecule has 4 nitrogen and oxygen atoms in total. The molecule has 0 saturated carbocycles. The van der Waals surface area contributed by atoms with Crippen LogP contribution in [0.4, 0.5) is 26.1 Å². The molecule has 0 aliphatic rings. The van der Waals surface area contributed by atoms with Crippen molar-refractivity contribution >= 4 is 33.3 Å². The minimum atomic E-state index is -0.678. The maximum absolute atomic E-state index is 13.8. The van der Waals surface area contributed by atoms with E-state index in [0.29, 0.717) is 11.6 Å². The average molecular weight is 357 g/mol. The van der Waals surface area contributed by atoms with Crippen LogP contribution in [0, 0.1) is 11.6 Å². The Balaban J connectivity index is 2.42. The second-order valence-corrected chi connectivity index (χ2v) is 5.27. The van der Waals surface area contributed by atoms with Gasteiger partial charge in [0.2, 0.25) is 0 Å². The number of aromatic nitrogens is 2. The second kappa shape index (κ2) is 6.80. The Labute approximate surface area is 130 Å². The number of nitrogens with one attached hydrogen (secondary N) is 2. The molecule has 0 bridgehead atoms. The minimum absolute atomic E-state index is 0.154. The molecule has 7 heteroatoms. The summed E-state index contributed by atoms with van der Waals surface area (Å²) in [5.74, 6) is -0.127. The highest BCUT2D eigenvalue weighted by atomic mass is 79.9. The zero-order valence-corrected chi connectivity index (χ0v) is 13.3. The zero-order valence-electron chi connectivity index (χ0n) is 11.7. The highest BCUT2D eigenvalue weighted by Crippen LogP contribution is 2.29. The molecule has 0 aliphatic carbocycles. The number of halogens is 3. The molecule has 0 fully saturated rings. The molecule has 21 heavy (non-hydrogen) atoms. The van der Waals surface area contributed by atoms with Crippen LogP contribution in [0.3, 0.4) is 0 Å². The quantitative estimate of drug-likeness (QED) is 0.786. The highest BCUT2D eigenvalue weighted by molar-refractivity contribution is 9.10. The lowest BCUT2D eigenvalue weighted by atomic mass is 10.1. The molecule has 112 valence electrons. The molecule has 0 saturated heterocycles. The van der Waals surface area contributed by atoms with Gasteiger partial charge in [0.05, 0.1) is 10.2 Å². The lowest BCUT2D eigenvalue weighted by Crippen LogP contribution is -2.06. The fourth-order valence-electron chi connectivity index (χ4n) is 1.97. The van der Waals surface area contributed by atoms with Crippen LogP contribution < -0.4 is 10.6 Å². The molecule has 0 atom stereocenters. The molecule has 0 amide bonds. The van der Waals surface area contributed by atoms with Crippen molar-refractivity contribution in [3.8, 4) is 0 Å². The Bertz CT molecular complexity index is 649. The third-order valence-electron chi connectivity index (χ3n) is 2.95. The molecule has 1 aromatic carbocycles. The fraction of sp³-hybridized carbons (Fsp3) is 0.286. The van der Waals surface area contributed by atoms with E-state index < -0.39 is 11.6 Å². The topological polar surface area (TPSA) is 49.8 Å². The van der Waals surface area contributed by atoms with E-state index in [0.717, 1.165) is 24.5 Å². The number of rotatable bonds is 5. The van der Waals surface area contributed by atoms with Gasteiger partial charge in [-0.15, -0.1) is 0 Å². The number of hydrogen-bond donors (Lipinski definition) is 2. The monoisotopic (exact) mass is 356 g/mol. The van der Waals surface area contributed by atoms with Crippen molar-refractivity contribution in [3.05, 3.63) is 40.1 Å². The largest absolute Gasteiger partial charge is 0.373 e. The first-order valence-electron chi connectivity index (χ1n) is 6.50. The summed E-state index contributed by atoms with van der Waals surface area (Å²) in [4.78, 5) is 8.30. The average Bonchev–Trinajstić information content (AvgIpc) is 2.46. The first-order valence-corrected chi connectivity index (χ1v) is 7.29. The van der Waals surface area contributed by atoms with Gasteiger partial charge >= 0.3 is 0 Å². The van der Waals surface area contributed by atoms with Gasteiger partial charge in [0, 0.05) is 18.7 Å². The first-order chi connectivity index (χ1) is 10.1. The normalized spacial score (nSPS) is 10.5. The molecule has 0 unspecified atom stereocenters. The van der Waals surface area contributed by atoms with Gasteiger partial charge in [0.1, 0.15) is 29.6 Å². The minimum Gasteiger partial charge on any atom is -0.373 e. The van der Waals surface area contributed by atoms with Crippen LogP contribution in [-0.2, 0) is 6.42 Å². The van der Waals surface area contributed by atoms with Crippen LogP contribution in [0.2, 0.25) is 0 Å². The number of anilines is 3. The Morgan fingerprint density at radius 1 is 1.14 bits per heavy atom. The molecule has 2 N–H and O–H groups in total. The number of nitrogens with zero attached hydrogens (tertiary/aromatic N) is 2. The van der Waals surface area contributed by atoms with Gasteiger partial charge in [0.15, 0.2) is 0 Å². The van der Waals surface area contributed by atoms with Gasteiger partial charge in [0.25, 0.3) is 0 Å². The summed E-state index contributed by atoms with van der Waals surface area (Å²) in [5, 5.41) is 5.89. The van der Waals surface area contributed by atoms with Gasteiger partial charge in [-0.05, 0) is 28.4 Å². The van der Waals surface area contributed by atoms with Crippen molar-refractivity contribution in [1.82, 2.24) is 9.97 Å². The summed E-state index contributed by atoms with van der Waals surface area (Å²) in [6.45, 7) is 2.03. The second-order valence-electron chi connectivity index (χ2n) is 4.42. The summed E-state index contributed by atoms with van der Waals surface area (Å²) < 4.78 is 27.3. The first kappa shape index (κ1) is 15.6. The number of benzene rings is 1. The Morgan fingerprint density at radius 2 is 1.86 bits per heavy atom. The van der Waals surface area contributed by atoms with E-state index in [9.17, 15) is 8.78 Å². The van der Waals surface area contributed by atoms with Gasteiger partial charge in [-0.1, -0.05) is 13.3 Å². The molecule has 2 rings (SSSR count). The Hall–Kier alpha value is -1.76. The van der Waals surface area contributed by atoms with Gasteiger partial charge < -0.3 is 10.6 Å². The third kappa shape index (κ3) is 3.47. The van der Waals surface area contributed by atoms with E-state index in [1.54, 1.807) is 7.05 Å². The van der Waals surface area contributed by atoms with Gasteiger partial charge in [-0.2, -0.15) is 0 Å². The van der Waals surface area contributed by atoms with E-state index in [4.69, 9.17) is 0 Å². The summed E-state index contributed by atoms with van der Waals surface area (Å²) in [6.07, 6.45) is 3.03. The van der Waals surface area contributed by atoms with E-state index >= 15 is 0 Å². The lowest BCUT2D eigenvalue weighted by molar-refractivity contribution is 0.581. The molecule has 2 aromatic rings. The van der Waals surface area contributed by atoms with Crippen molar-refractivity contribution in [3.63, 3.8) is 0 Å². The van der Waals surface area contributed by atoms with Crippen LogP contribution in [0.15, 0.2) is 22.9 Å². The van der Waals surface area contributed by atoms with E-state index in [2.05, 4.69) is 36.5 Å². The predicted octanol–water partition coefficient (Wildman–Crippen LogP) is 4.26. The maximum atomic E-state index is 13.8. The molecule has 0 spiro atoms. The molecule has 0 aliphatic heterocycles. The van der Waals surface area contributed by atoms with Crippen LogP contribution >= 0.6 is 15.9 Å². The highest BCUT2D eigenvalue weighted by Gasteiger charge is 2.13. The van der Waals surface area contributed by atoms with Crippen molar-refractivity contribution in [1.29, 1.82) is 0 Å². The molecular weight excluding hydrogens is 342 g/mol. The lowest BCUT2D eigenvalue weighted by Gasteiger charge is -2.14. The van der Waals surface area contributed by atoms with Crippen LogP contribution in [0.1, 0.15) is 18.9 Å². The van der Waals surface area contributed by atoms with Gasteiger partial charge in [-0.3, -0.25) is 0 Å². The van der Waals surface area contributed by atoms with Crippen LogP contribution in [0.25, 0.3) is 0 Å². The summed E-state index contributed by atoms with van der Waals surface area (Å²) >= 11 is 3.04. The Morgan fingerprint density at radius 3 is 2.52 bits per heavy atom. The Kier molecular flexibility index (Phi) is 5.06. The smallest absolute Gasteiger partial charge is 0.149 e. The van der Waals surface area contributed by atoms with Crippen molar-refractivity contribution in [2.45, 2.75) is 19.8 Å². The van der Waals surface area contributed by atoms with E-state index in [-0.39, 0.29) is 10.2 Å². The number of hydrogen-bond acceptors (Lipinski definition) is 4. The summed E-state index contributed by atoms with van der Waals surface area (Å²) in [7, 11) is 1.76. The zero-order chi connectivity index (χ0) is 15.4. The third-order valence-corrected chi connectivity index (χ3v) is 3.55. The maximum Gasteiger partial charge on any atom is 0.149 e. The SMILES string of the molecule is CCCc1c(NC)ncnc1Nc1cc(Br)c(F)cc1F.